The maximum absolute atomic E-state index is 5.61. The molecule has 4 nitrogen and oxygen atoms in total. The standard InChI is InChI=1S/C14H17N3O/c1-10-9-11(2)17-14(16-10)7-8-18-13-5-3-12(15)4-6-13/h3-6,9H,7-8,15H2,1-2H3. The Labute approximate surface area is 107 Å². The number of aromatic nitrogens is 2. The lowest BCUT2D eigenvalue weighted by Gasteiger charge is -2.06. The summed E-state index contributed by atoms with van der Waals surface area (Å²) in [6.07, 6.45) is 0.701. The Bertz CT molecular complexity index is 503. The first-order valence-corrected chi connectivity index (χ1v) is 5.93. The van der Waals surface area contributed by atoms with Gasteiger partial charge in [0.05, 0.1) is 6.61 Å². The van der Waals surface area contributed by atoms with Crippen molar-refractivity contribution in [1.82, 2.24) is 9.97 Å². The van der Waals surface area contributed by atoms with Crippen molar-refractivity contribution in [1.29, 1.82) is 0 Å². The number of hydrogen-bond donors (Lipinski definition) is 1. The van der Waals surface area contributed by atoms with Gasteiger partial charge >= 0.3 is 0 Å². The van der Waals surface area contributed by atoms with E-state index in [1.807, 2.05) is 44.2 Å². The van der Waals surface area contributed by atoms with E-state index in [2.05, 4.69) is 9.97 Å². The summed E-state index contributed by atoms with van der Waals surface area (Å²) >= 11 is 0. The van der Waals surface area contributed by atoms with Gasteiger partial charge in [-0.25, -0.2) is 9.97 Å². The highest BCUT2D eigenvalue weighted by Crippen LogP contribution is 2.13. The van der Waals surface area contributed by atoms with Crippen LogP contribution in [0.5, 0.6) is 5.75 Å². The van der Waals surface area contributed by atoms with E-state index in [-0.39, 0.29) is 0 Å². The summed E-state index contributed by atoms with van der Waals surface area (Å²) in [6, 6.07) is 9.32. The van der Waals surface area contributed by atoms with Crippen molar-refractivity contribution in [2.24, 2.45) is 0 Å². The maximum Gasteiger partial charge on any atom is 0.132 e. The van der Waals surface area contributed by atoms with Crippen molar-refractivity contribution in [3.8, 4) is 5.75 Å². The molecule has 0 saturated carbocycles. The zero-order valence-electron chi connectivity index (χ0n) is 10.7. The SMILES string of the molecule is Cc1cc(C)nc(CCOc2ccc(N)cc2)n1. The second-order valence-electron chi connectivity index (χ2n) is 4.23. The van der Waals surface area contributed by atoms with E-state index in [1.165, 1.54) is 0 Å². The van der Waals surface area contributed by atoms with Crippen LogP contribution < -0.4 is 10.5 Å². The Hall–Kier alpha value is -2.10. The third-order valence-corrected chi connectivity index (χ3v) is 2.50. The predicted octanol–water partition coefficient (Wildman–Crippen LogP) is 2.30. The number of nitrogen functional groups attached to an aromatic ring is 1. The van der Waals surface area contributed by atoms with Gasteiger partial charge in [-0.15, -0.1) is 0 Å². The van der Waals surface area contributed by atoms with Crippen molar-refractivity contribution in [2.75, 3.05) is 12.3 Å². The smallest absolute Gasteiger partial charge is 0.132 e. The Morgan fingerprint density at radius 3 is 2.28 bits per heavy atom. The Kier molecular flexibility index (Phi) is 3.77. The first-order valence-electron chi connectivity index (χ1n) is 5.93. The van der Waals surface area contributed by atoms with Crippen LogP contribution in [0.4, 0.5) is 5.69 Å². The number of nitrogens with zero attached hydrogens (tertiary/aromatic N) is 2. The molecule has 4 heteroatoms. The molecule has 0 aliphatic carbocycles. The molecule has 0 atom stereocenters. The van der Waals surface area contributed by atoms with Crippen molar-refractivity contribution < 1.29 is 4.74 Å². The van der Waals surface area contributed by atoms with Gasteiger partial charge in [-0.1, -0.05) is 0 Å². The number of ether oxygens (including phenoxy) is 1. The van der Waals surface area contributed by atoms with Gasteiger partial charge < -0.3 is 10.5 Å². The van der Waals surface area contributed by atoms with Crippen LogP contribution in [-0.4, -0.2) is 16.6 Å². The molecular weight excluding hydrogens is 226 g/mol. The molecule has 1 aromatic carbocycles. The fourth-order valence-corrected chi connectivity index (χ4v) is 1.74. The minimum atomic E-state index is 0.562. The molecule has 1 heterocycles. The lowest BCUT2D eigenvalue weighted by atomic mass is 10.3. The minimum Gasteiger partial charge on any atom is -0.493 e. The highest BCUT2D eigenvalue weighted by atomic mass is 16.5. The molecule has 0 radical (unpaired) electrons. The Morgan fingerprint density at radius 2 is 1.67 bits per heavy atom. The van der Waals surface area contributed by atoms with Crippen LogP contribution in [-0.2, 0) is 6.42 Å². The summed E-state index contributed by atoms with van der Waals surface area (Å²) in [5.41, 5.74) is 8.32. The number of rotatable bonds is 4. The van der Waals surface area contributed by atoms with Gasteiger partial charge in [0.15, 0.2) is 0 Å². The van der Waals surface area contributed by atoms with E-state index in [0.29, 0.717) is 13.0 Å². The molecule has 0 unspecified atom stereocenters. The van der Waals surface area contributed by atoms with Crippen LogP contribution in [0.3, 0.4) is 0 Å². The molecule has 2 N–H and O–H groups in total. The summed E-state index contributed by atoms with van der Waals surface area (Å²) in [5.74, 6) is 1.64. The first-order chi connectivity index (χ1) is 8.63. The molecule has 18 heavy (non-hydrogen) atoms. The first kappa shape index (κ1) is 12.4. The van der Waals surface area contributed by atoms with Crippen molar-refractivity contribution in [3.05, 3.63) is 47.5 Å². The monoisotopic (exact) mass is 243 g/mol. The number of aryl methyl sites for hydroxylation is 2. The summed E-state index contributed by atoms with van der Waals surface area (Å²) in [5, 5.41) is 0. The summed E-state index contributed by atoms with van der Waals surface area (Å²) < 4.78 is 5.61. The van der Waals surface area contributed by atoms with Gasteiger partial charge in [0.2, 0.25) is 0 Å². The third kappa shape index (κ3) is 3.45. The number of nitrogens with two attached hydrogens (primary N) is 1. The lowest BCUT2D eigenvalue weighted by molar-refractivity contribution is 0.318. The van der Waals surface area contributed by atoms with Crippen molar-refractivity contribution in [3.63, 3.8) is 0 Å². The molecule has 2 aromatic rings. The Morgan fingerprint density at radius 1 is 1.06 bits per heavy atom. The van der Waals surface area contributed by atoms with E-state index in [1.54, 1.807) is 0 Å². The summed E-state index contributed by atoms with van der Waals surface area (Å²) in [6.45, 7) is 4.50. The van der Waals surface area contributed by atoms with Crippen LogP contribution in [0.25, 0.3) is 0 Å². The molecule has 0 amide bonds. The molecule has 2 rings (SSSR count). The van der Waals surface area contributed by atoms with Crippen molar-refractivity contribution >= 4 is 5.69 Å². The maximum atomic E-state index is 5.61. The quantitative estimate of drug-likeness (QED) is 0.837. The fraction of sp³-hybridized carbons (Fsp3) is 0.286. The Balaban J connectivity index is 1.90. The van der Waals surface area contributed by atoms with Gasteiger partial charge in [0.1, 0.15) is 11.6 Å². The second-order valence-corrected chi connectivity index (χ2v) is 4.23. The molecule has 0 aliphatic heterocycles. The van der Waals surface area contributed by atoms with Crippen molar-refractivity contribution in [2.45, 2.75) is 20.3 Å². The molecule has 94 valence electrons. The van der Waals surface area contributed by atoms with Crippen LogP contribution >= 0.6 is 0 Å². The van der Waals surface area contributed by atoms with Gasteiger partial charge in [-0.05, 0) is 44.2 Å². The molecule has 0 bridgehead atoms. The summed E-state index contributed by atoms with van der Waals surface area (Å²) in [7, 11) is 0. The van der Waals surface area contributed by atoms with Crippen LogP contribution in [0, 0.1) is 13.8 Å². The molecular formula is C14H17N3O. The van der Waals surface area contributed by atoms with E-state index < -0.39 is 0 Å². The molecule has 0 fully saturated rings. The predicted molar refractivity (Wildman–Crippen MR) is 71.6 cm³/mol. The average Bonchev–Trinajstić information content (AvgIpc) is 2.30. The number of anilines is 1. The van der Waals surface area contributed by atoms with Gasteiger partial charge in [0.25, 0.3) is 0 Å². The normalized spacial score (nSPS) is 10.3. The van der Waals surface area contributed by atoms with Gasteiger partial charge in [-0.3, -0.25) is 0 Å². The number of hydrogen-bond acceptors (Lipinski definition) is 4. The van der Waals surface area contributed by atoms with Crippen LogP contribution in [0.2, 0.25) is 0 Å². The van der Waals surface area contributed by atoms with E-state index >= 15 is 0 Å². The molecule has 0 saturated heterocycles. The third-order valence-electron chi connectivity index (χ3n) is 2.50. The van der Waals surface area contributed by atoms with Crippen LogP contribution in [0.15, 0.2) is 30.3 Å². The number of benzene rings is 1. The highest BCUT2D eigenvalue weighted by Gasteiger charge is 2.00. The molecule has 0 spiro atoms. The fourth-order valence-electron chi connectivity index (χ4n) is 1.74. The lowest BCUT2D eigenvalue weighted by Crippen LogP contribution is -2.06. The minimum absolute atomic E-state index is 0.562. The van der Waals surface area contributed by atoms with Crippen LogP contribution in [0.1, 0.15) is 17.2 Å². The molecule has 1 aromatic heterocycles. The van der Waals surface area contributed by atoms with Gasteiger partial charge in [0, 0.05) is 23.5 Å². The topological polar surface area (TPSA) is 61.0 Å². The molecule has 0 aliphatic rings. The zero-order valence-corrected chi connectivity index (χ0v) is 10.7. The van der Waals surface area contributed by atoms with Gasteiger partial charge in [-0.2, -0.15) is 0 Å². The second kappa shape index (κ2) is 5.49. The van der Waals surface area contributed by atoms with E-state index in [0.717, 1.165) is 28.6 Å². The zero-order chi connectivity index (χ0) is 13.0. The average molecular weight is 243 g/mol. The highest BCUT2D eigenvalue weighted by molar-refractivity contribution is 5.41. The summed E-state index contributed by atoms with van der Waals surface area (Å²) in [4.78, 5) is 8.74. The van der Waals surface area contributed by atoms with E-state index in [4.69, 9.17) is 10.5 Å². The largest absolute Gasteiger partial charge is 0.493 e. The van der Waals surface area contributed by atoms with E-state index in [9.17, 15) is 0 Å².